The van der Waals surface area contributed by atoms with E-state index < -0.39 is 0 Å². The zero-order valence-corrected chi connectivity index (χ0v) is 12.3. The van der Waals surface area contributed by atoms with E-state index in [9.17, 15) is 4.79 Å². The molecular weight excluding hydrogens is 282 g/mol. The predicted octanol–water partition coefficient (Wildman–Crippen LogP) is 3.54. The van der Waals surface area contributed by atoms with Crippen molar-refractivity contribution in [3.8, 4) is 11.5 Å². The van der Waals surface area contributed by atoms with Crippen LogP contribution in [0.2, 0.25) is 0 Å². The molecule has 0 amide bonds. The van der Waals surface area contributed by atoms with Crippen LogP contribution in [0.3, 0.4) is 0 Å². The van der Waals surface area contributed by atoms with Crippen LogP contribution in [0.5, 0.6) is 11.5 Å². The monoisotopic (exact) mass is 297 g/mol. The lowest BCUT2D eigenvalue weighted by Crippen LogP contribution is -1.98. The van der Waals surface area contributed by atoms with Crippen molar-refractivity contribution in [3.63, 3.8) is 0 Å². The van der Waals surface area contributed by atoms with Gasteiger partial charge >= 0.3 is 0 Å². The van der Waals surface area contributed by atoms with Crippen LogP contribution in [0, 0.1) is 6.92 Å². The van der Waals surface area contributed by atoms with E-state index in [0.29, 0.717) is 23.0 Å². The molecule has 0 saturated heterocycles. The van der Waals surface area contributed by atoms with Crippen LogP contribution in [0.15, 0.2) is 40.8 Å². The third-order valence-corrected chi connectivity index (χ3v) is 3.34. The molecule has 1 heterocycles. The van der Waals surface area contributed by atoms with E-state index in [2.05, 4.69) is 4.98 Å². The van der Waals surface area contributed by atoms with Gasteiger partial charge in [-0.1, -0.05) is 12.1 Å². The van der Waals surface area contributed by atoms with Gasteiger partial charge in [-0.2, -0.15) is 0 Å². The number of aryl methyl sites for hydroxylation is 1. The molecule has 22 heavy (non-hydrogen) atoms. The highest BCUT2D eigenvalue weighted by atomic mass is 16.5. The van der Waals surface area contributed by atoms with Gasteiger partial charge in [-0.15, -0.1) is 0 Å². The minimum Gasteiger partial charge on any atom is -0.493 e. The normalized spacial score (nSPS) is 10.6. The Morgan fingerprint density at radius 3 is 2.82 bits per heavy atom. The SMILES string of the molecule is COc1cc(C=O)ccc1OCc1nc2c(C)cccc2o1. The average molecular weight is 297 g/mol. The Morgan fingerprint density at radius 1 is 1.23 bits per heavy atom. The van der Waals surface area contributed by atoms with Gasteiger partial charge in [0.15, 0.2) is 23.7 Å². The molecule has 112 valence electrons. The number of nitrogens with zero attached hydrogens (tertiary/aromatic N) is 1. The van der Waals surface area contributed by atoms with Gasteiger partial charge in [0, 0.05) is 5.56 Å². The maximum absolute atomic E-state index is 10.8. The summed E-state index contributed by atoms with van der Waals surface area (Å²) in [5, 5.41) is 0. The minimum absolute atomic E-state index is 0.185. The molecule has 0 bridgehead atoms. The van der Waals surface area contributed by atoms with Crippen LogP contribution in [0.4, 0.5) is 0 Å². The van der Waals surface area contributed by atoms with Gasteiger partial charge < -0.3 is 13.9 Å². The van der Waals surface area contributed by atoms with E-state index in [1.807, 2.05) is 25.1 Å². The lowest BCUT2D eigenvalue weighted by Gasteiger charge is -2.09. The molecule has 0 aliphatic carbocycles. The number of oxazole rings is 1. The number of methoxy groups -OCH3 is 1. The number of aldehydes is 1. The highest BCUT2D eigenvalue weighted by Crippen LogP contribution is 2.28. The first-order valence-electron chi connectivity index (χ1n) is 6.82. The molecule has 0 fully saturated rings. The van der Waals surface area contributed by atoms with Crippen LogP contribution in [0.1, 0.15) is 21.8 Å². The number of benzene rings is 2. The van der Waals surface area contributed by atoms with Gasteiger partial charge in [0.25, 0.3) is 0 Å². The molecule has 0 N–H and O–H groups in total. The second kappa shape index (κ2) is 5.89. The van der Waals surface area contributed by atoms with E-state index >= 15 is 0 Å². The van der Waals surface area contributed by atoms with E-state index in [1.54, 1.807) is 18.2 Å². The Balaban J connectivity index is 1.81. The number of carbonyl (C=O) groups excluding carboxylic acids is 1. The Labute approximate surface area is 127 Å². The first-order valence-corrected chi connectivity index (χ1v) is 6.82. The van der Waals surface area contributed by atoms with E-state index in [1.165, 1.54) is 7.11 Å². The fourth-order valence-electron chi connectivity index (χ4n) is 2.21. The molecule has 0 unspecified atom stereocenters. The highest BCUT2D eigenvalue weighted by molar-refractivity contribution is 5.77. The standard InChI is InChI=1S/C17H15NO4/c1-11-4-3-5-14-17(11)18-16(22-14)10-21-13-7-6-12(9-19)8-15(13)20-2/h3-9H,10H2,1-2H3. The average Bonchev–Trinajstić information content (AvgIpc) is 2.97. The van der Waals surface area contributed by atoms with Gasteiger partial charge in [-0.05, 0) is 36.8 Å². The Kier molecular flexibility index (Phi) is 3.78. The first-order chi connectivity index (χ1) is 10.7. The van der Waals surface area contributed by atoms with Crippen molar-refractivity contribution in [2.75, 3.05) is 7.11 Å². The summed E-state index contributed by atoms with van der Waals surface area (Å²) in [4.78, 5) is 15.2. The number of rotatable bonds is 5. The molecule has 0 aliphatic heterocycles. The fraction of sp³-hybridized carbons (Fsp3) is 0.176. The minimum atomic E-state index is 0.185. The third kappa shape index (κ3) is 2.65. The molecule has 0 saturated carbocycles. The molecule has 0 radical (unpaired) electrons. The zero-order chi connectivity index (χ0) is 15.5. The lowest BCUT2D eigenvalue weighted by atomic mass is 10.2. The van der Waals surface area contributed by atoms with Crippen LogP contribution in [-0.2, 0) is 6.61 Å². The van der Waals surface area contributed by atoms with Gasteiger partial charge in [0.1, 0.15) is 11.8 Å². The van der Waals surface area contributed by atoms with Crippen molar-refractivity contribution >= 4 is 17.4 Å². The summed E-state index contributed by atoms with van der Waals surface area (Å²) in [7, 11) is 1.53. The molecule has 0 spiro atoms. The van der Waals surface area contributed by atoms with Gasteiger partial charge in [-0.25, -0.2) is 4.98 Å². The van der Waals surface area contributed by atoms with Crippen molar-refractivity contribution < 1.29 is 18.7 Å². The smallest absolute Gasteiger partial charge is 0.233 e. The predicted molar refractivity (Wildman–Crippen MR) is 81.5 cm³/mol. The van der Waals surface area contributed by atoms with E-state index in [4.69, 9.17) is 13.9 Å². The van der Waals surface area contributed by atoms with E-state index in [-0.39, 0.29) is 6.61 Å². The van der Waals surface area contributed by atoms with Gasteiger partial charge in [0.2, 0.25) is 5.89 Å². The Morgan fingerprint density at radius 2 is 2.09 bits per heavy atom. The van der Waals surface area contributed by atoms with Crippen molar-refractivity contribution in [1.82, 2.24) is 4.98 Å². The van der Waals surface area contributed by atoms with Crippen molar-refractivity contribution in [1.29, 1.82) is 0 Å². The van der Waals surface area contributed by atoms with Crippen molar-refractivity contribution in [2.45, 2.75) is 13.5 Å². The summed E-state index contributed by atoms with van der Waals surface area (Å²) >= 11 is 0. The topological polar surface area (TPSA) is 61.6 Å². The third-order valence-electron chi connectivity index (χ3n) is 3.34. The maximum Gasteiger partial charge on any atom is 0.233 e. The Hall–Kier alpha value is -2.82. The second-order valence-electron chi connectivity index (χ2n) is 4.85. The molecule has 1 aromatic heterocycles. The zero-order valence-electron chi connectivity index (χ0n) is 12.3. The largest absolute Gasteiger partial charge is 0.493 e. The summed E-state index contributed by atoms with van der Waals surface area (Å²) in [6.07, 6.45) is 0.760. The molecule has 3 rings (SSSR count). The number of aromatic nitrogens is 1. The second-order valence-corrected chi connectivity index (χ2v) is 4.85. The fourth-order valence-corrected chi connectivity index (χ4v) is 2.21. The van der Waals surface area contributed by atoms with Crippen LogP contribution < -0.4 is 9.47 Å². The van der Waals surface area contributed by atoms with Crippen LogP contribution in [-0.4, -0.2) is 18.4 Å². The first kappa shape index (κ1) is 14.1. The van der Waals surface area contributed by atoms with Crippen molar-refractivity contribution in [3.05, 3.63) is 53.4 Å². The van der Waals surface area contributed by atoms with Gasteiger partial charge in [-0.3, -0.25) is 4.79 Å². The molecular formula is C17H15NO4. The molecule has 5 heteroatoms. The van der Waals surface area contributed by atoms with Gasteiger partial charge in [0.05, 0.1) is 7.11 Å². The number of hydrogen-bond donors (Lipinski definition) is 0. The maximum atomic E-state index is 10.8. The summed E-state index contributed by atoms with van der Waals surface area (Å²) in [6, 6.07) is 10.8. The highest BCUT2D eigenvalue weighted by Gasteiger charge is 2.10. The number of fused-ring (bicyclic) bond motifs is 1. The van der Waals surface area contributed by atoms with Crippen LogP contribution >= 0.6 is 0 Å². The molecule has 0 atom stereocenters. The molecule has 3 aromatic rings. The number of carbonyl (C=O) groups is 1. The molecule has 0 aliphatic rings. The Bertz CT molecular complexity index is 823. The molecule has 5 nitrogen and oxygen atoms in total. The summed E-state index contributed by atoms with van der Waals surface area (Å²) in [5.74, 6) is 1.52. The summed E-state index contributed by atoms with van der Waals surface area (Å²) in [6.45, 7) is 2.17. The number of hydrogen-bond acceptors (Lipinski definition) is 5. The van der Waals surface area contributed by atoms with Crippen molar-refractivity contribution in [2.24, 2.45) is 0 Å². The lowest BCUT2D eigenvalue weighted by molar-refractivity contribution is 0.112. The molecule has 2 aromatic carbocycles. The number of para-hydroxylation sites is 1. The van der Waals surface area contributed by atoms with Crippen LogP contribution in [0.25, 0.3) is 11.1 Å². The summed E-state index contributed by atoms with van der Waals surface area (Å²) in [5.41, 5.74) is 3.16. The van der Waals surface area contributed by atoms with E-state index in [0.717, 1.165) is 22.9 Å². The summed E-state index contributed by atoms with van der Waals surface area (Å²) < 4.78 is 16.6. The number of ether oxygens (including phenoxy) is 2. The quantitative estimate of drug-likeness (QED) is 0.674.